The fraction of sp³-hybridized carbons (Fsp3) is 1.00. The summed E-state index contributed by atoms with van der Waals surface area (Å²) in [5.74, 6) is 0.102. The van der Waals surface area contributed by atoms with Gasteiger partial charge in [0.1, 0.15) is 0 Å². The molecule has 2 atom stereocenters. The van der Waals surface area contributed by atoms with E-state index in [4.69, 9.17) is 5.11 Å². The van der Waals surface area contributed by atoms with Crippen molar-refractivity contribution in [3.8, 4) is 0 Å². The molecule has 0 heterocycles. The Balaban J connectivity index is 2.09. The van der Waals surface area contributed by atoms with Crippen LogP contribution in [0.3, 0.4) is 0 Å². The van der Waals surface area contributed by atoms with Crippen LogP contribution in [0.1, 0.15) is 6.42 Å². The van der Waals surface area contributed by atoms with Crippen molar-refractivity contribution in [1.29, 1.82) is 0 Å². The Bertz CT molecular complexity index is 51.5. The number of aliphatic hydroxyl groups is 1. The van der Waals surface area contributed by atoms with E-state index in [1.807, 2.05) is 0 Å². The van der Waals surface area contributed by atoms with Crippen molar-refractivity contribution < 1.29 is 10.2 Å². The Morgan fingerprint density at radius 1 is 1.83 bits per heavy atom. The van der Waals surface area contributed by atoms with Crippen LogP contribution in [-0.2, 0) is 5.11 Å². The summed E-state index contributed by atoms with van der Waals surface area (Å²) in [5.41, 5.74) is 0. The highest BCUT2D eigenvalue weighted by Gasteiger charge is 2.34. The molecule has 0 spiro atoms. The molecule has 0 amide bonds. The zero-order valence-electron chi connectivity index (χ0n) is 3.42. The van der Waals surface area contributed by atoms with Crippen molar-refractivity contribution in [3.05, 3.63) is 0 Å². The Morgan fingerprint density at radius 3 is 2.33 bits per heavy atom. The quantitative estimate of drug-likeness (QED) is 0.472. The maximum absolute atomic E-state index is 9.74. The molecule has 0 bridgehead atoms. The summed E-state index contributed by atoms with van der Waals surface area (Å²) < 4.78 is 0. The maximum atomic E-state index is 9.74. The van der Waals surface area contributed by atoms with Gasteiger partial charge in [0.15, 0.2) is 0 Å². The lowest BCUT2D eigenvalue weighted by atomic mass is 10.5. The van der Waals surface area contributed by atoms with E-state index in [0.29, 0.717) is 0 Å². The first-order valence-electron chi connectivity index (χ1n) is 2.10. The molecule has 2 nitrogen and oxygen atoms in total. The highest BCUT2D eigenvalue weighted by Crippen LogP contribution is 2.28. The molecule has 1 aliphatic carbocycles. The Kier molecular flexibility index (Phi) is 0.821. The van der Waals surface area contributed by atoms with Crippen molar-refractivity contribution in [2.45, 2.75) is 12.5 Å². The molecule has 0 aromatic carbocycles. The summed E-state index contributed by atoms with van der Waals surface area (Å²) in [4.78, 5) is 0. The number of hydrogen-bond acceptors (Lipinski definition) is 1. The third kappa shape index (κ3) is 0.533. The summed E-state index contributed by atoms with van der Waals surface area (Å²) >= 11 is 0. The highest BCUT2D eigenvalue weighted by molar-refractivity contribution is 4.84. The second-order valence-corrected chi connectivity index (χ2v) is 1.73. The summed E-state index contributed by atoms with van der Waals surface area (Å²) in [7, 11) is 0. The van der Waals surface area contributed by atoms with Gasteiger partial charge in [-0.1, -0.05) is 0 Å². The first-order valence-corrected chi connectivity index (χ1v) is 2.10. The van der Waals surface area contributed by atoms with E-state index < -0.39 is 0 Å². The largest absolute Gasteiger partial charge is 0.393 e. The fourth-order valence-corrected chi connectivity index (χ4v) is 0.411. The molecule has 1 saturated carbocycles. The Morgan fingerprint density at radius 2 is 2.33 bits per heavy atom. The molecule has 2 heteroatoms. The van der Waals surface area contributed by atoms with E-state index >= 15 is 0 Å². The van der Waals surface area contributed by atoms with E-state index in [2.05, 4.69) is 0 Å². The average molecular weight is 87.1 g/mol. The van der Waals surface area contributed by atoms with Gasteiger partial charge in [-0.3, -0.25) is 0 Å². The number of rotatable bonds is 1. The first kappa shape index (κ1) is 4.09. The standard InChI is InChI=1S/C4H7O2/c5-2-3-1-4(3)6/h3-4,6H,1-2H2. The van der Waals surface area contributed by atoms with Crippen LogP contribution in [0.25, 0.3) is 0 Å². The van der Waals surface area contributed by atoms with Crippen molar-refractivity contribution in [3.63, 3.8) is 0 Å². The van der Waals surface area contributed by atoms with Crippen LogP contribution in [0.2, 0.25) is 0 Å². The molecule has 0 aromatic heterocycles. The molecule has 35 valence electrons. The van der Waals surface area contributed by atoms with E-state index in [1.54, 1.807) is 0 Å². The maximum Gasteiger partial charge on any atom is 0.0876 e. The van der Waals surface area contributed by atoms with Gasteiger partial charge in [0.05, 0.1) is 12.7 Å². The third-order valence-corrected chi connectivity index (χ3v) is 1.10. The number of aliphatic hydroxyl groups excluding tert-OH is 1. The minimum atomic E-state index is -0.248. The molecule has 0 aliphatic heterocycles. The lowest BCUT2D eigenvalue weighted by molar-refractivity contribution is 0.152. The van der Waals surface area contributed by atoms with Crippen molar-refractivity contribution >= 4 is 0 Å². The van der Waals surface area contributed by atoms with Gasteiger partial charge in [-0.15, -0.1) is 0 Å². The van der Waals surface area contributed by atoms with E-state index in [-0.39, 0.29) is 18.6 Å². The van der Waals surface area contributed by atoms with Crippen LogP contribution in [0, 0.1) is 5.92 Å². The first-order chi connectivity index (χ1) is 2.84. The van der Waals surface area contributed by atoms with Crippen LogP contribution in [-0.4, -0.2) is 17.8 Å². The normalized spacial score (nSPS) is 43.0. The fourth-order valence-electron chi connectivity index (χ4n) is 0.411. The van der Waals surface area contributed by atoms with E-state index in [0.717, 1.165) is 6.42 Å². The SMILES string of the molecule is [O]CC1CC1O. The molecule has 0 saturated heterocycles. The topological polar surface area (TPSA) is 40.1 Å². The summed E-state index contributed by atoms with van der Waals surface area (Å²) in [6, 6.07) is 0. The second-order valence-electron chi connectivity index (χ2n) is 1.73. The average Bonchev–Trinajstić information content (AvgIpc) is 2.19. The Hall–Kier alpha value is -0.0800. The van der Waals surface area contributed by atoms with E-state index in [9.17, 15) is 5.11 Å². The molecule has 1 N–H and O–H groups in total. The van der Waals surface area contributed by atoms with Gasteiger partial charge in [0.25, 0.3) is 0 Å². The Labute approximate surface area is 36.4 Å². The summed E-state index contributed by atoms with van der Waals surface area (Å²) in [5, 5.41) is 18.2. The van der Waals surface area contributed by atoms with Crippen LogP contribution < -0.4 is 0 Å². The monoisotopic (exact) mass is 87.0 g/mol. The van der Waals surface area contributed by atoms with Gasteiger partial charge in [-0.2, -0.15) is 0 Å². The van der Waals surface area contributed by atoms with Crippen LogP contribution >= 0.6 is 0 Å². The van der Waals surface area contributed by atoms with Crippen LogP contribution in [0.15, 0.2) is 0 Å². The molecule has 0 aromatic rings. The second kappa shape index (κ2) is 1.21. The molecular formula is C4H7O2. The zero-order valence-corrected chi connectivity index (χ0v) is 3.42. The van der Waals surface area contributed by atoms with Gasteiger partial charge in [0.2, 0.25) is 0 Å². The van der Waals surface area contributed by atoms with Gasteiger partial charge < -0.3 is 5.11 Å². The van der Waals surface area contributed by atoms with Crippen molar-refractivity contribution in [2.75, 3.05) is 6.61 Å². The smallest absolute Gasteiger partial charge is 0.0876 e. The highest BCUT2D eigenvalue weighted by atomic mass is 16.3. The molecule has 1 aliphatic rings. The third-order valence-electron chi connectivity index (χ3n) is 1.10. The molecule has 2 unspecified atom stereocenters. The van der Waals surface area contributed by atoms with Crippen molar-refractivity contribution in [1.82, 2.24) is 0 Å². The minimum absolute atomic E-state index is 0.0961. The van der Waals surface area contributed by atoms with Gasteiger partial charge in [-0.25, -0.2) is 5.11 Å². The lowest BCUT2D eigenvalue weighted by Gasteiger charge is -1.76. The summed E-state index contributed by atoms with van der Waals surface area (Å²) in [6.07, 6.45) is 0.492. The molecule has 6 heavy (non-hydrogen) atoms. The zero-order chi connectivity index (χ0) is 4.57. The van der Waals surface area contributed by atoms with Crippen molar-refractivity contribution in [2.24, 2.45) is 5.92 Å². The van der Waals surface area contributed by atoms with Gasteiger partial charge in [-0.05, 0) is 6.42 Å². The minimum Gasteiger partial charge on any atom is -0.393 e. The van der Waals surface area contributed by atoms with E-state index in [1.165, 1.54) is 0 Å². The van der Waals surface area contributed by atoms with Gasteiger partial charge >= 0.3 is 0 Å². The molecular weight excluding hydrogens is 80.0 g/mol. The predicted molar refractivity (Wildman–Crippen MR) is 19.7 cm³/mol. The molecule has 1 fully saturated rings. The van der Waals surface area contributed by atoms with Gasteiger partial charge in [0, 0.05) is 5.92 Å². The molecule has 1 rings (SSSR count). The lowest BCUT2D eigenvalue weighted by Crippen LogP contribution is -1.87. The van der Waals surface area contributed by atoms with Crippen LogP contribution in [0.4, 0.5) is 0 Å². The predicted octanol–water partition coefficient (Wildman–Crippen LogP) is -0.202. The van der Waals surface area contributed by atoms with Crippen LogP contribution in [0.5, 0.6) is 0 Å². The molecule has 1 radical (unpaired) electrons. The summed E-state index contributed by atoms with van der Waals surface area (Å²) in [6.45, 7) is -0.0961. The number of hydrogen-bond donors (Lipinski definition) is 1.